The maximum absolute atomic E-state index is 3.68. The van der Waals surface area contributed by atoms with Crippen LogP contribution in [-0.4, -0.2) is 6.54 Å². The van der Waals surface area contributed by atoms with E-state index in [0.717, 1.165) is 6.54 Å². The molecular weight excluding hydrogens is 230 g/mol. The second-order valence-electron chi connectivity index (χ2n) is 5.29. The molecule has 0 bridgehead atoms. The van der Waals surface area contributed by atoms with E-state index >= 15 is 0 Å². The Morgan fingerprint density at radius 3 is 2.58 bits per heavy atom. The number of nitrogens with one attached hydrogen (secondary N) is 1. The fraction of sp³-hybridized carbons (Fsp3) is 0.333. The third-order valence-corrected chi connectivity index (χ3v) is 4.16. The average molecular weight is 251 g/mol. The van der Waals surface area contributed by atoms with Crippen LogP contribution in [0.5, 0.6) is 0 Å². The van der Waals surface area contributed by atoms with E-state index in [2.05, 4.69) is 66.8 Å². The van der Waals surface area contributed by atoms with Crippen LogP contribution < -0.4 is 5.32 Å². The van der Waals surface area contributed by atoms with Crippen LogP contribution in [-0.2, 0) is 6.42 Å². The van der Waals surface area contributed by atoms with Crippen LogP contribution in [0.2, 0.25) is 0 Å². The van der Waals surface area contributed by atoms with Crippen molar-refractivity contribution < 1.29 is 0 Å². The maximum Gasteiger partial charge on any atom is 0.0389 e. The summed E-state index contributed by atoms with van der Waals surface area (Å²) < 4.78 is 0. The van der Waals surface area contributed by atoms with Gasteiger partial charge in [-0.15, -0.1) is 0 Å². The van der Waals surface area contributed by atoms with Gasteiger partial charge in [-0.05, 0) is 36.1 Å². The highest BCUT2D eigenvalue weighted by Crippen LogP contribution is 2.41. The Morgan fingerprint density at radius 2 is 1.79 bits per heavy atom. The summed E-state index contributed by atoms with van der Waals surface area (Å²) in [6.07, 6.45) is 2.47. The molecule has 0 fully saturated rings. The van der Waals surface area contributed by atoms with Crippen molar-refractivity contribution in [3.05, 3.63) is 71.3 Å². The van der Waals surface area contributed by atoms with Gasteiger partial charge in [0.15, 0.2) is 0 Å². The van der Waals surface area contributed by atoms with E-state index in [-0.39, 0.29) is 0 Å². The SMILES string of the molecule is CCNC(c1ccccc1)C1CCc2ccccc21. The lowest BCUT2D eigenvalue weighted by Gasteiger charge is -2.26. The van der Waals surface area contributed by atoms with Crippen LogP contribution in [0.4, 0.5) is 0 Å². The van der Waals surface area contributed by atoms with Crippen molar-refractivity contribution in [2.24, 2.45) is 0 Å². The number of aryl methyl sites for hydroxylation is 1. The molecule has 0 saturated heterocycles. The summed E-state index contributed by atoms with van der Waals surface area (Å²) in [5.74, 6) is 0.610. The summed E-state index contributed by atoms with van der Waals surface area (Å²) in [7, 11) is 0. The smallest absolute Gasteiger partial charge is 0.0389 e. The highest BCUT2D eigenvalue weighted by atomic mass is 14.9. The first-order valence-corrected chi connectivity index (χ1v) is 7.26. The lowest BCUT2D eigenvalue weighted by atomic mass is 9.88. The van der Waals surface area contributed by atoms with Crippen molar-refractivity contribution in [3.63, 3.8) is 0 Å². The number of likely N-dealkylation sites (N-methyl/N-ethyl adjacent to an activating group) is 1. The second-order valence-corrected chi connectivity index (χ2v) is 5.29. The number of rotatable bonds is 4. The van der Waals surface area contributed by atoms with Crippen molar-refractivity contribution >= 4 is 0 Å². The van der Waals surface area contributed by atoms with Gasteiger partial charge in [0.2, 0.25) is 0 Å². The zero-order valence-electron chi connectivity index (χ0n) is 11.5. The van der Waals surface area contributed by atoms with Gasteiger partial charge in [0, 0.05) is 12.0 Å². The van der Waals surface area contributed by atoms with Gasteiger partial charge in [-0.3, -0.25) is 0 Å². The molecule has 0 heterocycles. The molecule has 2 atom stereocenters. The summed E-state index contributed by atoms with van der Waals surface area (Å²) in [5.41, 5.74) is 4.48. The van der Waals surface area contributed by atoms with E-state index < -0.39 is 0 Å². The molecule has 1 N–H and O–H groups in total. The first-order chi connectivity index (χ1) is 9.40. The average Bonchev–Trinajstić information content (AvgIpc) is 2.89. The molecule has 0 radical (unpaired) electrons. The van der Waals surface area contributed by atoms with E-state index in [1.807, 2.05) is 0 Å². The number of benzene rings is 2. The van der Waals surface area contributed by atoms with Crippen molar-refractivity contribution in [1.29, 1.82) is 0 Å². The molecule has 0 saturated carbocycles. The molecule has 1 aliphatic rings. The number of hydrogen-bond donors (Lipinski definition) is 1. The van der Waals surface area contributed by atoms with E-state index in [0.29, 0.717) is 12.0 Å². The molecule has 2 aromatic carbocycles. The molecule has 1 heteroatoms. The lowest BCUT2D eigenvalue weighted by molar-refractivity contribution is 0.453. The summed E-state index contributed by atoms with van der Waals surface area (Å²) >= 11 is 0. The quantitative estimate of drug-likeness (QED) is 0.863. The third-order valence-electron chi connectivity index (χ3n) is 4.16. The summed E-state index contributed by atoms with van der Waals surface area (Å²) in [6.45, 7) is 3.20. The van der Waals surface area contributed by atoms with E-state index in [9.17, 15) is 0 Å². The van der Waals surface area contributed by atoms with E-state index in [1.54, 1.807) is 0 Å². The molecule has 1 aliphatic carbocycles. The summed E-state index contributed by atoms with van der Waals surface area (Å²) in [4.78, 5) is 0. The normalized spacial score (nSPS) is 19.1. The van der Waals surface area contributed by atoms with Gasteiger partial charge < -0.3 is 5.32 Å². The van der Waals surface area contributed by atoms with Crippen LogP contribution in [0.15, 0.2) is 54.6 Å². The molecule has 98 valence electrons. The topological polar surface area (TPSA) is 12.0 Å². The van der Waals surface area contributed by atoms with Gasteiger partial charge in [-0.1, -0.05) is 61.5 Å². The number of fused-ring (bicyclic) bond motifs is 1. The minimum absolute atomic E-state index is 0.440. The minimum Gasteiger partial charge on any atom is -0.310 e. The van der Waals surface area contributed by atoms with Crippen LogP contribution >= 0.6 is 0 Å². The predicted molar refractivity (Wildman–Crippen MR) is 80.4 cm³/mol. The van der Waals surface area contributed by atoms with Gasteiger partial charge in [0.05, 0.1) is 0 Å². The van der Waals surface area contributed by atoms with Gasteiger partial charge in [-0.25, -0.2) is 0 Å². The van der Waals surface area contributed by atoms with Gasteiger partial charge in [0.1, 0.15) is 0 Å². The largest absolute Gasteiger partial charge is 0.310 e. The zero-order chi connectivity index (χ0) is 13.1. The Balaban J connectivity index is 1.94. The Kier molecular flexibility index (Phi) is 3.65. The molecule has 19 heavy (non-hydrogen) atoms. The van der Waals surface area contributed by atoms with Gasteiger partial charge >= 0.3 is 0 Å². The van der Waals surface area contributed by atoms with Crippen LogP contribution in [0.25, 0.3) is 0 Å². The van der Waals surface area contributed by atoms with Crippen molar-refractivity contribution in [2.45, 2.75) is 31.7 Å². The molecule has 0 aromatic heterocycles. The molecule has 0 spiro atoms. The van der Waals surface area contributed by atoms with Gasteiger partial charge in [-0.2, -0.15) is 0 Å². The fourth-order valence-corrected chi connectivity index (χ4v) is 3.31. The molecule has 0 amide bonds. The van der Waals surface area contributed by atoms with Gasteiger partial charge in [0.25, 0.3) is 0 Å². The maximum atomic E-state index is 3.68. The minimum atomic E-state index is 0.440. The molecule has 2 unspecified atom stereocenters. The van der Waals surface area contributed by atoms with E-state index in [4.69, 9.17) is 0 Å². The molecular formula is C18H21N. The predicted octanol–water partition coefficient (Wildman–Crippen LogP) is 4.07. The molecule has 1 nitrogen and oxygen atoms in total. The first-order valence-electron chi connectivity index (χ1n) is 7.26. The Labute approximate surface area is 115 Å². The summed E-state index contributed by atoms with van der Waals surface area (Å²) in [5, 5.41) is 3.68. The lowest BCUT2D eigenvalue weighted by Crippen LogP contribution is -2.26. The highest BCUT2D eigenvalue weighted by Gasteiger charge is 2.29. The highest BCUT2D eigenvalue weighted by molar-refractivity contribution is 5.38. The molecule has 3 rings (SSSR count). The second kappa shape index (κ2) is 5.58. The Hall–Kier alpha value is -1.60. The Morgan fingerprint density at radius 1 is 1.05 bits per heavy atom. The van der Waals surface area contributed by atoms with Crippen LogP contribution in [0.1, 0.15) is 42.0 Å². The van der Waals surface area contributed by atoms with Crippen LogP contribution in [0.3, 0.4) is 0 Å². The van der Waals surface area contributed by atoms with Crippen molar-refractivity contribution in [2.75, 3.05) is 6.54 Å². The monoisotopic (exact) mass is 251 g/mol. The van der Waals surface area contributed by atoms with Crippen molar-refractivity contribution in [1.82, 2.24) is 5.32 Å². The Bertz CT molecular complexity index is 532. The number of hydrogen-bond acceptors (Lipinski definition) is 1. The molecule has 0 aliphatic heterocycles. The zero-order valence-corrected chi connectivity index (χ0v) is 11.5. The standard InChI is InChI=1S/C18H21N/c1-2-19-18(15-9-4-3-5-10-15)17-13-12-14-8-6-7-11-16(14)17/h3-11,17-19H,2,12-13H2,1H3. The van der Waals surface area contributed by atoms with Crippen molar-refractivity contribution in [3.8, 4) is 0 Å². The summed E-state index contributed by atoms with van der Waals surface area (Å²) in [6, 6.07) is 20.2. The first kappa shape index (κ1) is 12.4. The molecule has 2 aromatic rings. The van der Waals surface area contributed by atoms with Crippen LogP contribution in [0, 0.1) is 0 Å². The third kappa shape index (κ3) is 2.43. The fourth-order valence-electron chi connectivity index (χ4n) is 3.31. The van der Waals surface area contributed by atoms with E-state index in [1.165, 1.54) is 29.5 Å².